The van der Waals surface area contributed by atoms with Gasteiger partial charge in [0.1, 0.15) is 5.76 Å². The van der Waals surface area contributed by atoms with Gasteiger partial charge in [0.15, 0.2) is 0 Å². The van der Waals surface area contributed by atoms with Gasteiger partial charge in [-0.1, -0.05) is 13.8 Å². The molecule has 2 unspecified atom stereocenters. The average molecular weight is 292 g/mol. The third-order valence-corrected chi connectivity index (χ3v) is 5.66. The maximum atomic E-state index is 12.4. The Morgan fingerprint density at radius 3 is 2.67 bits per heavy atom. The molecule has 1 aliphatic rings. The zero-order valence-corrected chi connectivity index (χ0v) is 12.2. The molecule has 0 radical (unpaired) electrons. The summed E-state index contributed by atoms with van der Waals surface area (Å²) >= 11 is 5.62. The molecule has 6 heteroatoms. The molecule has 18 heavy (non-hydrogen) atoms. The molecule has 0 aliphatic carbocycles. The Balaban J connectivity index is 2.21. The van der Waals surface area contributed by atoms with Gasteiger partial charge in [0, 0.05) is 13.1 Å². The van der Waals surface area contributed by atoms with E-state index < -0.39 is 10.0 Å². The summed E-state index contributed by atoms with van der Waals surface area (Å²) in [6.45, 7) is 5.36. The van der Waals surface area contributed by atoms with Crippen molar-refractivity contribution in [1.29, 1.82) is 0 Å². The Morgan fingerprint density at radius 2 is 2.11 bits per heavy atom. The van der Waals surface area contributed by atoms with Crippen molar-refractivity contribution in [2.45, 2.75) is 31.2 Å². The SMILES string of the molecule is CC1CCN(S(=O)(=O)c2ccc(CCl)o2)CC1C. The Hall–Kier alpha value is -0.520. The van der Waals surface area contributed by atoms with Crippen molar-refractivity contribution in [3.05, 3.63) is 17.9 Å². The lowest BCUT2D eigenvalue weighted by Crippen LogP contribution is -2.41. The molecule has 1 fully saturated rings. The lowest BCUT2D eigenvalue weighted by molar-refractivity contribution is 0.209. The fourth-order valence-corrected chi connectivity index (χ4v) is 3.77. The van der Waals surface area contributed by atoms with Crippen LogP contribution in [-0.4, -0.2) is 25.8 Å². The lowest BCUT2D eigenvalue weighted by Gasteiger charge is -2.33. The molecule has 0 amide bonds. The predicted molar refractivity (Wildman–Crippen MR) is 70.0 cm³/mol. The Morgan fingerprint density at radius 1 is 1.39 bits per heavy atom. The van der Waals surface area contributed by atoms with Gasteiger partial charge in [0.2, 0.25) is 5.09 Å². The van der Waals surface area contributed by atoms with Crippen LogP contribution in [0.2, 0.25) is 0 Å². The minimum Gasteiger partial charge on any atom is -0.447 e. The van der Waals surface area contributed by atoms with Crippen LogP contribution < -0.4 is 0 Å². The van der Waals surface area contributed by atoms with Crippen LogP contribution in [0, 0.1) is 11.8 Å². The monoisotopic (exact) mass is 291 g/mol. The highest BCUT2D eigenvalue weighted by atomic mass is 35.5. The molecular formula is C12H18ClNO3S. The van der Waals surface area contributed by atoms with Crippen LogP contribution in [0.1, 0.15) is 26.0 Å². The smallest absolute Gasteiger partial charge is 0.276 e. The molecule has 4 nitrogen and oxygen atoms in total. The van der Waals surface area contributed by atoms with Gasteiger partial charge < -0.3 is 4.42 Å². The number of halogens is 1. The summed E-state index contributed by atoms with van der Waals surface area (Å²) in [6.07, 6.45) is 0.892. The van der Waals surface area contributed by atoms with Crippen LogP contribution in [0.15, 0.2) is 21.6 Å². The molecule has 0 aromatic carbocycles. The van der Waals surface area contributed by atoms with Crippen molar-refractivity contribution in [2.24, 2.45) is 11.8 Å². The average Bonchev–Trinajstić information content (AvgIpc) is 2.81. The van der Waals surface area contributed by atoms with Crippen LogP contribution in [0.3, 0.4) is 0 Å². The zero-order chi connectivity index (χ0) is 13.3. The first-order valence-electron chi connectivity index (χ1n) is 6.10. The van der Waals surface area contributed by atoms with Crippen LogP contribution in [0.25, 0.3) is 0 Å². The Bertz CT molecular complexity index is 511. The third-order valence-electron chi connectivity index (χ3n) is 3.66. The van der Waals surface area contributed by atoms with Crippen LogP contribution in [0.5, 0.6) is 0 Å². The molecule has 1 saturated heterocycles. The van der Waals surface area contributed by atoms with E-state index in [-0.39, 0.29) is 11.0 Å². The number of hydrogen-bond acceptors (Lipinski definition) is 3. The van der Waals surface area contributed by atoms with Gasteiger partial charge in [0.05, 0.1) is 5.88 Å². The van der Waals surface area contributed by atoms with Crippen molar-refractivity contribution < 1.29 is 12.8 Å². The summed E-state index contributed by atoms with van der Waals surface area (Å²) in [7, 11) is -3.50. The highest BCUT2D eigenvalue weighted by Crippen LogP contribution is 2.28. The number of sulfonamides is 1. The Labute approximate surface area is 113 Å². The summed E-state index contributed by atoms with van der Waals surface area (Å²) in [5.74, 6) is 1.60. The summed E-state index contributed by atoms with van der Waals surface area (Å²) in [5, 5.41) is -0.0000898. The summed E-state index contributed by atoms with van der Waals surface area (Å²) in [4.78, 5) is 0. The second-order valence-corrected chi connectivity index (χ2v) is 7.10. The molecule has 102 valence electrons. The largest absolute Gasteiger partial charge is 0.447 e. The number of hydrogen-bond donors (Lipinski definition) is 0. The standard InChI is InChI=1S/C12H18ClNO3S/c1-9-5-6-14(8-10(9)2)18(15,16)12-4-3-11(7-13)17-12/h3-4,9-10H,5-8H2,1-2H3. The zero-order valence-electron chi connectivity index (χ0n) is 10.6. The van der Waals surface area contributed by atoms with Gasteiger partial charge in [-0.2, -0.15) is 4.31 Å². The highest BCUT2D eigenvalue weighted by Gasteiger charge is 2.33. The first-order valence-corrected chi connectivity index (χ1v) is 8.07. The molecule has 1 aromatic rings. The van der Waals surface area contributed by atoms with E-state index in [1.807, 2.05) is 0 Å². The van der Waals surface area contributed by atoms with E-state index in [2.05, 4.69) is 13.8 Å². The van der Waals surface area contributed by atoms with Gasteiger partial charge in [-0.15, -0.1) is 11.6 Å². The molecule has 0 bridgehead atoms. The van der Waals surface area contributed by atoms with Gasteiger partial charge >= 0.3 is 0 Å². The van der Waals surface area contributed by atoms with E-state index in [0.29, 0.717) is 30.7 Å². The highest BCUT2D eigenvalue weighted by molar-refractivity contribution is 7.89. The molecule has 2 atom stereocenters. The molecule has 1 aromatic heterocycles. The van der Waals surface area contributed by atoms with Crippen LogP contribution >= 0.6 is 11.6 Å². The first kappa shape index (κ1) is 13.9. The van der Waals surface area contributed by atoms with Crippen LogP contribution in [-0.2, 0) is 15.9 Å². The van der Waals surface area contributed by atoms with Crippen molar-refractivity contribution in [2.75, 3.05) is 13.1 Å². The minimum absolute atomic E-state index is 0.0000898. The molecular weight excluding hydrogens is 274 g/mol. The summed E-state index contributed by atoms with van der Waals surface area (Å²) < 4.78 is 31.5. The van der Waals surface area contributed by atoms with Gasteiger partial charge in [-0.3, -0.25) is 0 Å². The molecule has 2 rings (SSSR count). The summed E-state index contributed by atoms with van der Waals surface area (Å²) in [5.41, 5.74) is 0. The fraction of sp³-hybridized carbons (Fsp3) is 0.667. The number of alkyl halides is 1. The normalized spacial score (nSPS) is 26.4. The van der Waals surface area contributed by atoms with Crippen molar-refractivity contribution >= 4 is 21.6 Å². The van der Waals surface area contributed by atoms with Gasteiger partial charge in [0.25, 0.3) is 10.0 Å². The van der Waals surface area contributed by atoms with E-state index in [9.17, 15) is 8.42 Å². The van der Waals surface area contributed by atoms with Crippen LogP contribution in [0.4, 0.5) is 0 Å². The quantitative estimate of drug-likeness (QED) is 0.805. The van der Waals surface area contributed by atoms with E-state index >= 15 is 0 Å². The molecule has 2 heterocycles. The second-order valence-electron chi connectivity index (χ2n) is 4.96. The summed E-state index contributed by atoms with van der Waals surface area (Å²) in [6, 6.07) is 3.09. The van der Waals surface area contributed by atoms with E-state index in [4.69, 9.17) is 16.0 Å². The number of rotatable bonds is 3. The number of nitrogens with zero attached hydrogens (tertiary/aromatic N) is 1. The predicted octanol–water partition coefficient (Wildman–Crippen LogP) is 2.69. The topological polar surface area (TPSA) is 50.5 Å². The van der Waals surface area contributed by atoms with Crippen molar-refractivity contribution in [1.82, 2.24) is 4.31 Å². The van der Waals surface area contributed by atoms with Gasteiger partial charge in [-0.05, 0) is 30.4 Å². The van der Waals surface area contributed by atoms with E-state index in [1.54, 1.807) is 6.07 Å². The number of piperidine rings is 1. The lowest BCUT2D eigenvalue weighted by atomic mass is 9.90. The Kier molecular flexibility index (Phi) is 4.04. The molecule has 0 N–H and O–H groups in total. The maximum absolute atomic E-state index is 12.4. The fourth-order valence-electron chi connectivity index (χ4n) is 2.14. The molecule has 0 saturated carbocycles. The molecule has 0 spiro atoms. The van der Waals surface area contributed by atoms with E-state index in [0.717, 1.165) is 6.42 Å². The van der Waals surface area contributed by atoms with Gasteiger partial charge in [-0.25, -0.2) is 8.42 Å². The second kappa shape index (κ2) is 5.23. The van der Waals surface area contributed by atoms with E-state index in [1.165, 1.54) is 10.4 Å². The number of furan rings is 1. The molecule has 1 aliphatic heterocycles. The first-order chi connectivity index (χ1) is 8.45. The van der Waals surface area contributed by atoms with Crippen molar-refractivity contribution in [3.8, 4) is 0 Å². The van der Waals surface area contributed by atoms with Crippen molar-refractivity contribution in [3.63, 3.8) is 0 Å². The minimum atomic E-state index is -3.50. The maximum Gasteiger partial charge on any atom is 0.276 e. The third kappa shape index (κ3) is 2.58.